The molecule has 4 nitrogen and oxygen atoms in total. The van der Waals surface area contributed by atoms with E-state index in [0.717, 1.165) is 5.56 Å². The Kier molecular flexibility index (Phi) is 4.53. The molecule has 31 heavy (non-hydrogen) atoms. The second-order valence-corrected chi connectivity index (χ2v) is 7.28. The highest BCUT2D eigenvalue weighted by molar-refractivity contribution is 6.37. The third-order valence-corrected chi connectivity index (χ3v) is 5.41. The molecular weight excluding hydrogens is 386 g/mol. The van der Waals surface area contributed by atoms with Crippen LogP contribution in [0.5, 0.6) is 0 Å². The van der Waals surface area contributed by atoms with Gasteiger partial charge in [-0.15, -0.1) is 0 Å². The Morgan fingerprint density at radius 2 is 1.32 bits per heavy atom. The lowest BCUT2D eigenvalue weighted by Crippen LogP contribution is -2.40. The number of ketones is 1. The summed E-state index contributed by atoms with van der Waals surface area (Å²) < 4.78 is 0. The lowest BCUT2D eigenvalue weighted by Gasteiger charge is -2.27. The van der Waals surface area contributed by atoms with Gasteiger partial charge in [-0.05, 0) is 47.4 Å². The molecule has 0 atom stereocenters. The number of imide groups is 1. The van der Waals surface area contributed by atoms with E-state index in [1.807, 2.05) is 36.4 Å². The summed E-state index contributed by atoms with van der Waals surface area (Å²) in [6.45, 7) is 0. The molecule has 1 aliphatic rings. The van der Waals surface area contributed by atoms with Crippen molar-refractivity contribution in [3.05, 3.63) is 119 Å². The summed E-state index contributed by atoms with van der Waals surface area (Å²) in [7, 11) is 0. The van der Waals surface area contributed by atoms with Gasteiger partial charge in [0.05, 0.1) is 5.69 Å². The van der Waals surface area contributed by atoms with E-state index in [0.29, 0.717) is 33.2 Å². The maximum absolute atomic E-state index is 13.2. The quantitative estimate of drug-likeness (QED) is 0.255. The molecule has 4 aromatic carbocycles. The molecule has 0 aromatic heterocycles. The highest BCUT2D eigenvalue weighted by atomic mass is 16.2. The zero-order valence-electron chi connectivity index (χ0n) is 16.5. The first-order chi connectivity index (χ1) is 15.1. The van der Waals surface area contributed by atoms with Crippen LogP contribution < -0.4 is 4.90 Å². The number of nitrogens with zero attached hydrogens (tertiary/aromatic N) is 1. The highest BCUT2D eigenvalue weighted by Gasteiger charge is 2.34. The van der Waals surface area contributed by atoms with Gasteiger partial charge >= 0.3 is 0 Å². The third-order valence-electron chi connectivity index (χ3n) is 5.41. The normalized spacial score (nSPS) is 13.2. The number of amides is 2. The zero-order chi connectivity index (χ0) is 21.4. The molecule has 4 aromatic rings. The lowest BCUT2D eigenvalue weighted by atomic mass is 9.89. The summed E-state index contributed by atoms with van der Waals surface area (Å²) in [6.07, 6.45) is 3.27. The zero-order valence-corrected chi connectivity index (χ0v) is 16.5. The Morgan fingerprint density at radius 1 is 0.677 bits per heavy atom. The first-order valence-electron chi connectivity index (χ1n) is 9.92. The molecule has 148 valence electrons. The lowest BCUT2D eigenvalue weighted by molar-refractivity contribution is 0.0892. The van der Waals surface area contributed by atoms with E-state index >= 15 is 0 Å². The number of hydrogen-bond donors (Lipinski definition) is 0. The van der Waals surface area contributed by atoms with Crippen LogP contribution in [0.3, 0.4) is 0 Å². The van der Waals surface area contributed by atoms with E-state index in [1.54, 1.807) is 60.7 Å². The summed E-state index contributed by atoms with van der Waals surface area (Å²) in [5.74, 6) is -0.963. The van der Waals surface area contributed by atoms with Crippen LogP contribution in [0.15, 0.2) is 97.1 Å². The van der Waals surface area contributed by atoms with Crippen molar-refractivity contribution in [2.24, 2.45) is 0 Å². The van der Waals surface area contributed by atoms with Crippen LogP contribution in [0.4, 0.5) is 5.69 Å². The number of hydrogen-bond acceptors (Lipinski definition) is 3. The van der Waals surface area contributed by atoms with Crippen LogP contribution in [0.2, 0.25) is 0 Å². The molecule has 0 unspecified atom stereocenters. The second-order valence-electron chi connectivity index (χ2n) is 7.28. The third kappa shape index (κ3) is 3.15. The monoisotopic (exact) mass is 403 g/mol. The molecule has 0 spiro atoms. The molecule has 0 fully saturated rings. The molecule has 0 aliphatic carbocycles. The van der Waals surface area contributed by atoms with Crippen molar-refractivity contribution in [1.82, 2.24) is 0 Å². The first-order valence-corrected chi connectivity index (χ1v) is 9.92. The van der Waals surface area contributed by atoms with Crippen molar-refractivity contribution in [2.45, 2.75) is 0 Å². The van der Waals surface area contributed by atoms with E-state index in [-0.39, 0.29) is 5.78 Å². The largest absolute Gasteiger partial charge is 0.289 e. The molecule has 0 bridgehead atoms. The first kappa shape index (κ1) is 18.7. The number of carbonyl (C=O) groups is 3. The average Bonchev–Trinajstić information content (AvgIpc) is 2.82. The van der Waals surface area contributed by atoms with Gasteiger partial charge in [-0.2, -0.15) is 0 Å². The summed E-state index contributed by atoms with van der Waals surface area (Å²) in [5, 5.41) is 1.13. The van der Waals surface area contributed by atoms with Gasteiger partial charge in [0.15, 0.2) is 5.78 Å². The predicted molar refractivity (Wildman–Crippen MR) is 121 cm³/mol. The molecule has 0 N–H and O–H groups in total. The van der Waals surface area contributed by atoms with E-state index in [1.165, 1.54) is 11.0 Å². The Balaban J connectivity index is 1.61. The van der Waals surface area contributed by atoms with Crippen molar-refractivity contribution in [1.29, 1.82) is 0 Å². The number of para-hydroxylation sites is 1. The molecule has 2 amide bonds. The van der Waals surface area contributed by atoms with Gasteiger partial charge in [-0.1, -0.05) is 66.7 Å². The van der Waals surface area contributed by atoms with Gasteiger partial charge < -0.3 is 0 Å². The molecule has 0 saturated heterocycles. The van der Waals surface area contributed by atoms with Crippen molar-refractivity contribution >= 4 is 40.1 Å². The number of carbonyl (C=O) groups excluding carboxylic acids is 3. The number of rotatable bonds is 4. The van der Waals surface area contributed by atoms with Gasteiger partial charge in [0, 0.05) is 22.1 Å². The van der Waals surface area contributed by atoms with Crippen molar-refractivity contribution in [3.63, 3.8) is 0 Å². The van der Waals surface area contributed by atoms with E-state index in [2.05, 4.69) is 0 Å². The molecule has 1 heterocycles. The van der Waals surface area contributed by atoms with Gasteiger partial charge in [0.2, 0.25) is 0 Å². The number of allylic oxidation sites excluding steroid dienone is 1. The summed E-state index contributed by atoms with van der Waals surface area (Å²) >= 11 is 0. The smallest absolute Gasteiger partial charge is 0.265 e. The van der Waals surface area contributed by atoms with Crippen LogP contribution >= 0.6 is 0 Å². The number of anilines is 1. The van der Waals surface area contributed by atoms with Crippen LogP contribution in [-0.4, -0.2) is 17.6 Å². The van der Waals surface area contributed by atoms with Crippen LogP contribution in [0.25, 0.3) is 16.8 Å². The standard InChI is InChI=1S/C27H17NO3/c29-24(17-14-18-8-3-1-4-9-18)20-15-16-23-25-21(20)12-7-13-22(25)26(30)28(27(23)31)19-10-5-2-6-11-19/h1-17H. The minimum absolute atomic E-state index is 0.182. The summed E-state index contributed by atoms with van der Waals surface area (Å²) in [4.78, 5) is 40.6. The fraction of sp³-hybridized carbons (Fsp3) is 0. The Labute approximate surface area is 179 Å². The molecule has 0 radical (unpaired) electrons. The van der Waals surface area contributed by atoms with Gasteiger partial charge in [-0.25, -0.2) is 4.90 Å². The van der Waals surface area contributed by atoms with E-state index in [9.17, 15) is 14.4 Å². The van der Waals surface area contributed by atoms with Crippen LogP contribution in [0.1, 0.15) is 36.6 Å². The van der Waals surface area contributed by atoms with Crippen LogP contribution in [-0.2, 0) is 0 Å². The minimum atomic E-state index is -0.390. The maximum Gasteiger partial charge on any atom is 0.265 e. The van der Waals surface area contributed by atoms with E-state index < -0.39 is 11.8 Å². The predicted octanol–water partition coefficient (Wildman–Crippen LogP) is 5.54. The molecular formula is C27H17NO3. The molecule has 4 heteroatoms. The maximum atomic E-state index is 13.2. The minimum Gasteiger partial charge on any atom is -0.289 e. The fourth-order valence-electron chi connectivity index (χ4n) is 3.95. The Bertz CT molecular complexity index is 1350. The Hall–Kier alpha value is -4.31. The Morgan fingerprint density at radius 3 is 2.03 bits per heavy atom. The van der Waals surface area contributed by atoms with E-state index in [4.69, 9.17) is 0 Å². The highest BCUT2D eigenvalue weighted by Crippen LogP contribution is 2.34. The SMILES string of the molecule is O=C(C=Cc1ccccc1)c1ccc2c3c(cccc13)C(=O)N(c1ccccc1)C2=O. The van der Waals surface area contributed by atoms with Crippen molar-refractivity contribution in [2.75, 3.05) is 4.90 Å². The number of benzene rings is 4. The molecule has 0 saturated carbocycles. The summed E-state index contributed by atoms with van der Waals surface area (Å²) in [5.41, 5.74) is 2.73. The van der Waals surface area contributed by atoms with Crippen LogP contribution in [0, 0.1) is 0 Å². The van der Waals surface area contributed by atoms with Gasteiger partial charge in [-0.3, -0.25) is 14.4 Å². The van der Waals surface area contributed by atoms with Crippen molar-refractivity contribution < 1.29 is 14.4 Å². The average molecular weight is 403 g/mol. The van der Waals surface area contributed by atoms with Gasteiger partial charge in [0.25, 0.3) is 11.8 Å². The van der Waals surface area contributed by atoms with Crippen molar-refractivity contribution in [3.8, 4) is 0 Å². The topological polar surface area (TPSA) is 54.5 Å². The van der Waals surface area contributed by atoms with Gasteiger partial charge in [0.1, 0.15) is 0 Å². The second kappa shape index (κ2) is 7.50. The summed E-state index contributed by atoms with van der Waals surface area (Å²) in [6, 6.07) is 26.9. The fourth-order valence-corrected chi connectivity index (χ4v) is 3.95. The molecule has 1 aliphatic heterocycles. The molecule has 5 rings (SSSR count).